The van der Waals surface area contributed by atoms with E-state index in [4.69, 9.17) is 0 Å². The summed E-state index contributed by atoms with van der Waals surface area (Å²) in [5.41, 5.74) is 1.44. The Balaban J connectivity index is 0.987. The average molecular weight is 587 g/mol. The molecule has 1 aromatic rings. The summed E-state index contributed by atoms with van der Waals surface area (Å²) in [6.45, 7) is 6.77. The molecule has 4 amide bonds. The minimum Gasteiger partial charge on any atom is -0.371 e. The monoisotopic (exact) mass is 586 g/mol. The summed E-state index contributed by atoms with van der Waals surface area (Å²) in [5.74, 6) is -4.72. The fourth-order valence-corrected chi connectivity index (χ4v) is 7.23. The quantitative estimate of drug-likeness (QED) is 0.464. The molecule has 6 rings (SSSR count). The lowest BCUT2D eigenvalue weighted by Gasteiger charge is -2.41. The standard InChI is InChI=1S/C30H40F2N6O4/c31-30(32,19-36-15-9-33-10-16-36)21-7-11-35(12-8-21)18-20-5-13-37(14-6-20)22-1-2-23-24(17-22)29(42)38(28(23)41)25-3-4-26(39)34-27(25)40/h1-2,17,20-21,25,33H,3-16,18-19H2,(H,34,39,40). The van der Waals surface area contributed by atoms with Gasteiger partial charge in [0.2, 0.25) is 11.8 Å². The van der Waals surface area contributed by atoms with E-state index in [2.05, 4.69) is 20.4 Å². The van der Waals surface area contributed by atoms with E-state index in [1.165, 1.54) is 0 Å². The lowest BCUT2D eigenvalue weighted by atomic mass is 9.88. The third-order valence-corrected chi connectivity index (χ3v) is 9.75. The molecule has 2 N–H and O–H groups in total. The molecule has 12 heteroatoms. The van der Waals surface area contributed by atoms with Gasteiger partial charge in [0.05, 0.1) is 17.7 Å². The topological polar surface area (TPSA) is 105 Å². The Morgan fingerprint density at radius 3 is 2.19 bits per heavy atom. The zero-order valence-electron chi connectivity index (χ0n) is 24.0. The van der Waals surface area contributed by atoms with Crippen molar-refractivity contribution in [3.63, 3.8) is 0 Å². The first-order valence-corrected chi connectivity index (χ1v) is 15.3. The van der Waals surface area contributed by atoms with Crippen molar-refractivity contribution in [2.75, 3.05) is 70.3 Å². The van der Waals surface area contributed by atoms with E-state index in [0.29, 0.717) is 50.5 Å². The summed E-state index contributed by atoms with van der Waals surface area (Å²) in [6.07, 6.45) is 3.22. The fraction of sp³-hybridized carbons (Fsp3) is 0.667. The smallest absolute Gasteiger partial charge is 0.263 e. The summed E-state index contributed by atoms with van der Waals surface area (Å²) < 4.78 is 30.0. The van der Waals surface area contributed by atoms with Gasteiger partial charge in [-0.1, -0.05) is 0 Å². The Kier molecular flexibility index (Phi) is 8.30. The van der Waals surface area contributed by atoms with Crippen molar-refractivity contribution in [2.24, 2.45) is 11.8 Å². The molecule has 4 fully saturated rings. The van der Waals surface area contributed by atoms with Gasteiger partial charge >= 0.3 is 0 Å². The molecule has 0 bridgehead atoms. The SMILES string of the molecule is O=C1CCC(N2C(=O)c3ccc(N4CCC(CN5CCC(C(F)(F)CN6CCNCC6)CC5)CC4)cc3C2=O)C(=O)N1. The van der Waals surface area contributed by atoms with Crippen molar-refractivity contribution in [1.29, 1.82) is 0 Å². The average Bonchev–Trinajstić information content (AvgIpc) is 3.23. The first-order valence-electron chi connectivity index (χ1n) is 15.3. The summed E-state index contributed by atoms with van der Waals surface area (Å²) in [5, 5.41) is 5.44. The van der Waals surface area contributed by atoms with Crippen LogP contribution in [0, 0.1) is 11.8 Å². The van der Waals surface area contributed by atoms with Crippen LogP contribution in [0.4, 0.5) is 14.5 Å². The fourth-order valence-electron chi connectivity index (χ4n) is 7.23. The third kappa shape index (κ3) is 5.93. The van der Waals surface area contributed by atoms with E-state index >= 15 is 8.78 Å². The van der Waals surface area contributed by atoms with E-state index in [1.807, 2.05) is 11.0 Å². The Morgan fingerprint density at radius 2 is 1.50 bits per heavy atom. The minimum atomic E-state index is -2.64. The molecule has 5 heterocycles. The summed E-state index contributed by atoms with van der Waals surface area (Å²) in [7, 11) is 0. The van der Waals surface area contributed by atoms with Crippen molar-refractivity contribution in [2.45, 2.75) is 50.5 Å². The first kappa shape index (κ1) is 29.1. The van der Waals surface area contributed by atoms with Crippen LogP contribution in [0.1, 0.15) is 59.2 Å². The van der Waals surface area contributed by atoms with E-state index in [9.17, 15) is 19.2 Å². The van der Waals surface area contributed by atoms with Crippen molar-refractivity contribution in [1.82, 2.24) is 25.3 Å². The Labute approximate surface area is 244 Å². The molecule has 10 nitrogen and oxygen atoms in total. The Morgan fingerprint density at radius 1 is 0.810 bits per heavy atom. The molecule has 0 aliphatic carbocycles. The van der Waals surface area contributed by atoms with Crippen LogP contribution in [0.2, 0.25) is 0 Å². The number of carbonyl (C=O) groups excluding carboxylic acids is 4. The predicted molar refractivity (Wildman–Crippen MR) is 151 cm³/mol. The van der Waals surface area contributed by atoms with Crippen LogP contribution in [0.5, 0.6) is 0 Å². The molecule has 5 aliphatic heterocycles. The number of nitrogens with zero attached hydrogens (tertiary/aromatic N) is 4. The maximum absolute atomic E-state index is 15.0. The number of alkyl halides is 2. The van der Waals surface area contributed by atoms with Gasteiger partial charge in [-0.3, -0.25) is 34.3 Å². The van der Waals surface area contributed by atoms with Crippen LogP contribution in [0.15, 0.2) is 18.2 Å². The van der Waals surface area contributed by atoms with Gasteiger partial charge in [-0.25, -0.2) is 8.78 Å². The number of nitrogens with one attached hydrogen (secondary N) is 2. The molecule has 0 aromatic heterocycles. The normalized spacial score (nSPS) is 25.7. The molecule has 4 saturated heterocycles. The number of benzene rings is 1. The number of piperidine rings is 3. The summed E-state index contributed by atoms with van der Waals surface area (Å²) >= 11 is 0. The lowest BCUT2D eigenvalue weighted by molar-refractivity contribution is -0.136. The van der Waals surface area contributed by atoms with Crippen LogP contribution in [-0.2, 0) is 9.59 Å². The van der Waals surface area contributed by atoms with Crippen molar-refractivity contribution < 1.29 is 28.0 Å². The zero-order chi connectivity index (χ0) is 29.4. The van der Waals surface area contributed by atoms with Gasteiger partial charge in [-0.05, 0) is 69.3 Å². The number of piperazine rings is 1. The number of imide groups is 2. The highest BCUT2D eigenvalue weighted by Crippen LogP contribution is 2.36. The van der Waals surface area contributed by atoms with E-state index < -0.39 is 41.5 Å². The van der Waals surface area contributed by atoms with Crippen LogP contribution in [0.3, 0.4) is 0 Å². The van der Waals surface area contributed by atoms with Crippen LogP contribution in [0.25, 0.3) is 0 Å². The second-order valence-corrected chi connectivity index (χ2v) is 12.5. The molecule has 1 unspecified atom stereocenters. The zero-order valence-corrected chi connectivity index (χ0v) is 24.0. The molecule has 0 spiro atoms. The van der Waals surface area contributed by atoms with Gasteiger partial charge < -0.3 is 15.1 Å². The molecule has 0 saturated carbocycles. The van der Waals surface area contributed by atoms with Gasteiger partial charge in [0.25, 0.3) is 17.7 Å². The summed E-state index contributed by atoms with van der Waals surface area (Å²) in [6, 6.07) is 4.28. The van der Waals surface area contributed by atoms with E-state index in [0.717, 1.165) is 56.2 Å². The van der Waals surface area contributed by atoms with Crippen LogP contribution < -0.4 is 15.5 Å². The molecular formula is C30H40F2N6O4. The number of fused-ring (bicyclic) bond motifs is 1. The second kappa shape index (κ2) is 12.0. The van der Waals surface area contributed by atoms with E-state index in [1.54, 1.807) is 12.1 Å². The molecule has 5 aliphatic rings. The minimum absolute atomic E-state index is 0.0886. The largest absolute Gasteiger partial charge is 0.371 e. The highest BCUT2D eigenvalue weighted by molar-refractivity contribution is 6.23. The highest BCUT2D eigenvalue weighted by atomic mass is 19.3. The molecule has 228 valence electrons. The lowest BCUT2D eigenvalue weighted by Crippen LogP contribution is -2.54. The second-order valence-electron chi connectivity index (χ2n) is 12.5. The number of likely N-dealkylation sites (tertiary alicyclic amines) is 1. The van der Waals surface area contributed by atoms with Gasteiger partial charge in [0, 0.05) is 63.8 Å². The molecular weight excluding hydrogens is 546 g/mol. The maximum atomic E-state index is 15.0. The predicted octanol–water partition coefficient (Wildman–Crippen LogP) is 1.56. The number of hydrogen-bond acceptors (Lipinski definition) is 8. The van der Waals surface area contributed by atoms with Crippen molar-refractivity contribution in [3.8, 4) is 0 Å². The van der Waals surface area contributed by atoms with Crippen molar-refractivity contribution >= 4 is 29.3 Å². The van der Waals surface area contributed by atoms with Crippen LogP contribution >= 0.6 is 0 Å². The number of anilines is 1. The maximum Gasteiger partial charge on any atom is 0.263 e. The number of carbonyl (C=O) groups is 4. The van der Waals surface area contributed by atoms with Gasteiger partial charge in [-0.15, -0.1) is 0 Å². The Hall–Kier alpha value is -2.96. The van der Waals surface area contributed by atoms with Crippen molar-refractivity contribution in [3.05, 3.63) is 29.3 Å². The van der Waals surface area contributed by atoms with Gasteiger partial charge in [-0.2, -0.15) is 0 Å². The number of halogens is 2. The third-order valence-electron chi connectivity index (χ3n) is 9.75. The van der Waals surface area contributed by atoms with E-state index in [-0.39, 0.29) is 24.9 Å². The summed E-state index contributed by atoms with van der Waals surface area (Å²) in [4.78, 5) is 57.5. The molecule has 0 radical (unpaired) electrons. The number of hydrogen-bond donors (Lipinski definition) is 2. The highest BCUT2D eigenvalue weighted by Gasteiger charge is 2.45. The number of amides is 4. The molecule has 42 heavy (non-hydrogen) atoms. The van der Waals surface area contributed by atoms with Crippen LogP contribution in [-0.4, -0.2) is 116 Å². The van der Waals surface area contributed by atoms with Gasteiger partial charge in [0.15, 0.2) is 0 Å². The Bertz CT molecular complexity index is 1220. The molecule has 1 aromatic carbocycles. The number of rotatable bonds is 7. The van der Waals surface area contributed by atoms with Gasteiger partial charge in [0.1, 0.15) is 6.04 Å². The molecule has 1 atom stereocenters. The first-order chi connectivity index (χ1) is 20.2.